The predicted octanol–water partition coefficient (Wildman–Crippen LogP) is 8.08. The van der Waals surface area contributed by atoms with Crippen molar-refractivity contribution in [2.75, 3.05) is 72.8 Å². The number of halogens is 1. The van der Waals surface area contributed by atoms with Crippen molar-refractivity contribution in [3.8, 4) is 33.3 Å². The Balaban J connectivity index is 0.572. The van der Waals surface area contributed by atoms with Gasteiger partial charge in [-0.05, 0) is 80.8 Å². The van der Waals surface area contributed by atoms with Gasteiger partial charge < -0.3 is 54.9 Å². The van der Waals surface area contributed by atoms with Gasteiger partial charge in [-0.1, -0.05) is 55.4 Å². The highest BCUT2D eigenvalue weighted by molar-refractivity contribution is 7.13. The monoisotopic (exact) mass is 1140 g/mol. The van der Waals surface area contributed by atoms with Crippen molar-refractivity contribution in [2.45, 2.75) is 146 Å². The van der Waals surface area contributed by atoms with Crippen LogP contribution in [0.15, 0.2) is 89.0 Å². The van der Waals surface area contributed by atoms with Crippen molar-refractivity contribution in [3.05, 3.63) is 102 Å². The standard InChI is InChI=1S/C61H75FN12O7S/c1-36(2)56(60(78)73-33-44(75)26-51(73)59(77)66-37(3)39-9-11-40(12-10-39)57-38(4)65-35-82-57)53-30-54(69-81-53)71-23-18-61(62,19-24-71)34-70-21-16-45(17-22-70)79-46-27-47(28-46)80-55-25-41(15-20-64-55)74-42-13-14-43(74)32-72(31-42)50-29-49(67-68-58(50)63)48-7-5-6-8-52(48)76/h5-12,15,20,25,29-30,35-37,42-47,51,56,75-76H,13-14,16-19,21-24,26-28,31-34H2,1-4H3,(H2,63,68)(H,66,77)/t37-,42+,43?,44+,46?,47?,51-,56+/m0/s1. The summed E-state index contributed by atoms with van der Waals surface area (Å²) in [6.07, 6.45) is 7.54. The minimum atomic E-state index is -1.34. The highest BCUT2D eigenvalue weighted by Crippen LogP contribution is 2.42. The molecule has 6 aromatic rings. The number of hydrogen-bond donors (Lipinski definition) is 4. The number of amides is 2. The van der Waals surface area contributed by atoms with Crippen molar-refractivity contribution in [2.24, 2.45) is 5.92 Å². The molecule has 21 heteroatoms. The molecule has 434 valence electrons. The third-order valence-corrected chi connectivity index (χ3v) is 18.9. The molecule has 5 N–H and O–H groups in total. The normalized spacial score (nSPS) is 24.6. The summed E-state index contributed by atoms with van der Waals surface area (Å²) >= 11 is 1.59. The van der Waals surface area contributed by atoms with E-state index < -0.39 is 23.7 Å². The predicted molar refractivity (Wildman–Crippen MR) is 312 cm³/mol. The third kappa shape index (κ3) is 11.7. The fraction of sp³-hybridized carbons (Fsp3) is 0.525. The number of aromatic nitrogens is 5. The number of fused-ring (bicyclic) bond motifs is 2. The molecule has 6 aliphatic rings. The lowest BCUT2D eigenvalue weighted by Crippen LogP contribution is -2.54. The summed E-state index contributed by atoms with van der Waals surface area (Å²) < 4.78 is 35.5. The number of thiazole rings is 1. The Morgan fingerprint density at radius 2 is 1.62 bits per heavy atom. The number of aliphatic hydroxyl groups excluding tert-OH is 1. The molecule has 5 aliphatic heterocycles. The molecule has 0 radical (unpaired) electrons. The number of nitrogen functional groups attached to an aromatic ring is 1. The van der Waals surface area contributed by atoms with Gasteiger partial charge in [0.2, 0.25) is 17.7 Å². The first-order valence-electron chi connectivity index (χ1n) is 29.3. The number of phenols is 1. The van der Waals surface area contributed by atoms with Gasteiger partial charge in [0.05, 0.1) is 51.8 Å². The number of piperazine rings is 1. The molecular formula is C61H75FN12O7S. The van der Waals surface area contributed by atoms with E-state index >= 15 is 4.39 Å². The topological polar surface area (TPSA) is 225 Å². The zero-order chi connectivity index (χ0) is 56.8. The van der Waals surface area contributed by atoms with Gasteiger partial charge in [-0.2, -0.15) is 0 Å². The van der Waals surface area contributed by atoms with Crippen molar-refractivity contribution in [1.29, 1.82) is 0 Å². The van der Waals surface area contributed by atoms with Gasteiger partial charge in [0.15, 0.2) is 17.4 Å². The van der Waals surface area contributed by atoms with E-state index in [9.17, 15) is 19.8 Å². The molecule has 19 nitrogen and oxygen atoms in total. The number of piperidine rings is 2. The average Bonchev–Trinajstić information content (AvgIpc) is 4.17. The van der Waals surface area contributed by atoms with E-state index in [4.69, 9.17) is 19.7 Å². The molecule has 1 saturated carbocycles. The van der Waals surface area contributed by atoms with Gasteiger partial charge in [0.25, 0.3) is 0 Å². The number of aryl methyl sites for hydroxylation is 1. The van der Waals surface area contributed by atoms with Crippen LogP contribution in [-0.4, -0.2) is 158 Å². The minimum absolute atomic E-state index is 0.0319. The van der Waals surface area contributed by atoms with Gasteiger partial charge in [0, 0.05) is 126 Å². The smallest absolute Gasteiger partial charge is 0.243 e. The van der Waals surface area contributed by atoms with E-state index in [1.54, 1.807) is 29.5 Å². The summed E-state index contributed by atoms with van der Waals surface area (Å²) in [4.78, 5) is 48.9. The van der Waals surface area contributed by atoms with Crippen LogP contribution < -0.4 is 30.5 Å². The number of likely N-dealkylation sites (tertiary alicyclic amines) is 2. The molecule has 0 spiro atoms. The molecule has 6 fully saturated rings. The minimum Gasteiger partial charge on any atom is -0.507 e. The summed E-state index contributed by atoms with van der Waals surface area (Å²) in [7, 11) is 0. The van der Waals surface area contributed by atoms with Crippen molar-refractivity contribution in [3.63, 3.8) is 0 Å². The molecule has 1 unspecified atom stereocenters. The first kappa shape index (κ1) is 55.6. The van der Waals surface area contributed by atoms with Crippen LogP contribution in [0.3, 0.4) is 0 Å². The van der Waals surface area contributed by atoms with Gasteiger partial charge in [-0.15, -0.1) is 21.5 Å². The zero-order valence-corrected chi connectivity index (χ0v) is 48.0. The first-order chi connectivity index (χ1) is 39.6. The van der Waals surface area contributed by atoms with Crippen LogP contribution in [0, 0.1) is 12.8 Å². The van der Waals surface area contributed by atoms with E-state index in [1.807, 2.05) is 86.8 Å². The van der Waals surface area contributed by atoms with Crippen LogP contribution in [0.2, 0.25) is 0 Å². The van der Waals surface area contributed by atoms with Gasteiger partial charge in [-0.3, -0.25) is 14.5 Å². The maximum Gasteiger partial charge on any atom is 0.243 e. The number of benzene rings is 2. The van der Waals surface area contributed by atoms with Crippen molar-refractivity contribution in [1.82, 2.24) is 40.4 Å². The lowest BCUT2D eigenvalue weighted by molar-refractivity contribution is -0.141. The zero-order valence-electron chi connectivity index (χ0n) is 47.1. The van der Waals surface area contributed by atoms with Crippen LogP contribution in [0.4, 0.5) is 27.4 Å². The molecule has 1 aliphatic carbocycles. The number of nitrogens with two attached hydrogens (primary N) is 1. The lowest BCUT2D eigenvalue weighted by Gasteiger charge is -2.44. The summed E-state index contributed by atoms with van der Waals surface area (Å²) in [5.41, 5.74) is 13.0. The molecule has 6 atom stereocenters. The number of nitrogens with one attached hydrogen (secondary N) is 1. The van der Waals surface area contributed by atoms with Crippen molar-refractivity contribution < 1.29 is 38.2 Å². The van der Waals surface area contributed by atoms with E-state index in [1.165, 1.54) is 4.90 Å². The molecule has 2 bridgehead atoms. The second kappa shape index (κ2) is 23.4. The van der Waals surface area contributed by atoms with Crippen LogP contribution in [0.5, 0.6) is 11.6 Å². The third-order valence-electron chi connectivity index (χ3n) is 18.0. The quantitative estimate of drug-likeness (QED) is 0.0677. The Kier molecular flexibility index (Phi) is 15.8. The Hall–Kier alpha value is -6.94. The number of pyridine rings is 1. The fourth-order valence-corrected chi connectivity index (χ4v) is 14.2. The Labute approximate surface area is 482 Å². The Morgan fingerprint density at radius 1 is 0.878 bits per heavy atom. The average molecular weight is 1140 g/mol. The van der Waals surface area contributed by atoms with E-state index in [0.29, 0.717) is 67.0 Å². The molecule has 82 heavy (non-hydrogen) atoms. The number of anilines is 4. The highest BCUT2D eigenvalue weighted by Gasteiger charge is 2.46. The summed E-state index contributed by atoms with van der Waals surface area (Å²) in [6, 6.07) is 22.4. The highest BCUT2D eigenvalue weighted by atomic mass is 32.1. The maximum atomic E-state index is 16.6. The van der Waals surface area contributed by atoms with E-state index in [0.717, 1.165) is 97.8 Å². The number of alkyl halides is 1. The SMILES string of the molecule is Cc1ncsc1-c1ccc([C@H](C)NC(=O)[C@@H]2C[C@@H](O)CN2C(=O)[C@@H](c2cc(N3CCC(F)(CN4CCC(OC5CC(Oc6cc(N7C8CC[C@@H]7CN(c7cc(-c9ccccc9O)nnc7N)C8)ccn6)C5)CC4)CC3)no2)C(C)C)cc1. The Bertz CT molecular complexity index is 3200. The van der Waals surface area contributed by atoms with Crippen LogP contribution in [0.25, 0.3) is 21.7 Å². The van der Waals surface area contributed by atoms with E-state index in [-0.39, 0.29) is 72.9 Å². The first-order valence-corrected chi connectivity index (χ1v) is 30.1. The molecule has 9 heterocycles. The lowest BCUT2D eigenvalue weighted by atomic mass is 9.90. The number of aliphatic hydroxyl groups is 1. The van der Waals surface area contributed by atoms with Crippen LogP contribution >= 0.6 is 11.3 Å². The number of nitrogens with zero attached hydrogens (tertiary/aromatic N) is 10. The maximum absolute atomic E-state index is 16.6. The number of hydrogen-bond acceptors (Lipinski definition) is 18. The van der Waals surface area contributed by atoms with Gasteiger partial charge in [-0.25, -0.2) is 14.4 Å². The number of para-hydroxylation sites is 1. The van der Waals surface area contributed by atoms with Crippen LogP contribution in [-0.2, 0) is 14.3 Å². The molecule has 12 rings (SSSR count). The van der Waals surface area contributed by atoms with E-state index in [2.05, 4.69) is 57.5 Å². The number of aromatic hydroxyl groups is 1. The second-order valence-corrected chi connectivity index (χ2v) is 24.8. The van der Waals surface area contributed by atoms with Crippen molar-refractivity contribution >= 4 is 46.2 Å². The van der Waals surface area contributed by atoms with Gasteiger partial charge in [0.1, 0.15) is 29.5 Å². The van der Waals surface area contributed by atoms with Gasteiger partial charge >= 0.3 is 0 Å². The molecular weight excluding hydrogens is 1060 g/mol. The number of β-amino-alcohol motifs (C(OH)–C–C–N with tert-alkyl or cyclic N) is 1. The summed E-state index contributed by atoms with van der Waals surface area (Å²) in [5.74, 6) is 0.556. The fourth-order valence-electron chi connectivity index (χ4n) is 13.4. The number of carbonyl (C=O) groups excluding carboxylic acids is 2. The second-order valence-electron chi connectivity index (χ2n) is 24.0. The number of ether oxygens (including phenoxy) is 2. The number of rotatable bonds is 17. The molecule has 5 saturated heterocycles. The molecule has 4 aromatic heterocycles. The summed E-state index contributed by atoms with van der Waals surface area (Å²) in [6.45, 7) is 12.2. The molecule has 2 aromatic carbocycles. The molecule has 2 amide bonds. The number of phenolic OH excluding ortho intramolecular Hbond substituents is 1. The summed E-state index contributed by atoms with van der Waals surface area (Å²) in [5, 5.41) is 37.3. The number of carbonyl (C=O) groups is 2. The van der Waals surface area contributed by atoms with Crippen LogP contribution in [0.1, 0.15) is 108 Å². The Morgan fingerprint density at radius 3 is 2.33 bits per heavy atom. The largest absolute Gasteiger partial charge is 0.507 e.